The van der Waals surface area contributed by atoms with Gasteiger partial charge in [-0.1, -0.05) is 50.1 Å². The summed E-state index contributed by atoms with van der Waals surface area (Å²) in [5.74, 6) is -0.0563. The summed E-state index contributed by atoms with van der Waals surface area (Å²) in [5.41, 5.74) is 2.73. The zero-order valence-electron chi connectivity index (χ0n) is 11.3. The van der Waals surface area contributed by atoms with Gasteiger partial charge in [0.05, 0.1) is 6.04 Å². The molecule has 1 amide bonds. The van der Waals surface area contributed by atoms with Gasteiger partial charge < -0.3 is 5.32 Å². The van der Waals surface area contributed by atoms with Crippen molar-refractivity contribution in [3.8, 4) is 0 Å². The van der Waals surface area contributed by atoms with Crippen LogP contribution in [0.3, 0.4) is 0 Å². The fraction of sp³-hybridized carbons (Fsp3) is 0.188. The first-order valence-corrected chi connectivity index (χ1v) is 7.89. The molecule has 2 aromatic carbocycles. The number of amides is 1. The molecule has 0 heterocycles. The van der Waals surface area contributed by atoms with Gasteiger partial charge >= 0.3 is 0 Å². The van der Waals surface area contributed by atoms with Gasteiger partial charge in [-0.15, -0.1) is 0 Å². The van der Waals surface area contributed by atoms with Crippen molar-refractivity contribution in [3.05, 3.63) is 68.1 Å². The topological polar surface area (TPSA) is 29.1 Å². The molecule has 0 radical (unpaired) electrons. The van der Waals surface area contributed by atoms with Gasteiger partial charge in [-0.25, -0.2) is 0 Å². The first kappa shape index (κ1) is 15.3. The molecule has 0 aliphatic rings. The average molecular weight is 397 g/mol. The van der Waals surface area contributed by atoms with E-state index in [-0.39, 0.29) is 11.9 Å². The Bertz CT molecular complexity index is 623. The Morgan fingerprint density at radius 1 is 1.10 bits per heavy atom. The maximum absolute atomic E-state index is 12.3. The second-order valence-electron chi connectivity index (χ2n) is 4.66. The quantitative estimate of drug-likeness (QED) is 0.775. The van der Waals surface area contributed by atoms with Crippen molar-refractivity contribution in [1.82, 2.24) is 5.32 Å². The summed E-state index contributed by atoms with van der Waals surface area (Å²) in [5, 5.41) is 3.02. The maximum Gasteiger partial charge on any atom is 0.252 e. The predicted octanol–water partition coefficient (Wildman–Crippen LogP) is 5.01. The Morgan fingerprint density at radius 3 is 2.40 bits per heavy atom. The molecule has 1 atom stereocenters. The highest BCUT2D eigenvalue weighted by atomic mass is 79.9. The standard InChI is InChI=1S/C16H15Br2NO/c1-10-14(4-3-5-15(10)18)16(20)19-11(2)12-6-8-13(17)9-7-12/h3-9,11H,1-2H3,(H,19,20)/t11-/m0/s1. The van der Waals surface area contributed by atoms with E-state index in [1.54, 1.807) is 0 Å². The molecule has 0 spiro atoms. The number of benzene rings is 2. The third kappa shape index (κ3) is 3.49. The Morgan fingerprint density at radius 2 is 1.75 bits per heavy atom. The Kier molecular flexibility index (Phi) is 5.00. The van der Waals surface area contributed by atoms with Gasteiger partial charge in [-0.2, -0.15) is 0 Å². The van der Waals surface area contributed by atoms with Crippen molar-refractivity contribution in [2.45, 2.75) is 19.9 Å². The molecular formula is C16H15Br2NO. The van der Waals surface area contributed by atoms with E-state index in [0.717, 1.165) is 20.1 Å². The van der Waals surface area contributed by atoms with Crippen molar-refractivity contribution >= 4 is 37.8 Å². The zero-order chi connectivity index (χ0) is 14.7. The molecule has 0 aromatic heterocycles. The molecule has 20 heavy (non-hydrogen) atoms. The Labute approximate surface area is 135 Å². The van der Waals surface area contributed by atoms with E-state index in [9.17, 15) is 4.79 Å². The lowest BCUT2D eigenvalue weighted by molar-refractivity contribution is 0.0939. The van der Waals surface area contributed by atoms with Crippen molar-refractivity contribution in [2.75, 3.05) is 0 Å². The molecular weight excluding hydrogens is 382 g/mol. The van der Waals surface area contributed by atoms with Crippen molar-refractivity contribution in [3.63, 3.8) is 0 Å². The Hall–Kier alpha value is -1.13. The van der Waals surface area contributed by atoms with Crippen LogP contribution < -0.4 is 5.32 Å². The molecule has 2 aromatic rings. The molecule has 2 nitrogen and oxygen atoms in total. The predicted molar refractivity (Wildman–Crippen MR) is 88.9 cm³/mol. The Balaban J connectivity index is 2.15. The molecule has 0 aliphatic heterocycles. The van der Waals surface area contributed by atoms with Gasteiger partial charge in [-0.3, -0.25) is 4.79 Å². The highest BCUT2D eigenvalue weighted by molar-refractivity contribution is 9.10. The number of carbonyl (C=O) groups is 1. The van der Waals surface area contributed by atoms with Crippen molar-refractivity contribution < 1.29 is 4.79 Å². The number of rotatable bonds is 3. The number of hydrogen-bond donors (Lipinski definition) is 1. The molecule has 0 saturated heterocycles. The van der Waals surface area contributed by atoms with Crippen molar-refractivity contribution in [2.24, 2.45) is 0 Å². The van der Waals surface area contributed by atoms with E-state index in [1.165, 1.54) is 0 Å². The summed E-state index contributed by atoms with van der Waals surface area (Å²) in [6, 6.07) is 13.6. The van der Waals surface area contributed by atoms with Gasteiger partial charge in [-0.05, 0) is 49.2 Å². The van der Waals surface area contributed by atoms with Crippen LogP contribution in [0.15, 0.2) is 51.4 Å². The molecule has 2 rings (SSSR count). The van der Waals surface area contributed by atoms with E-state index >= 15 is 0 Å². The molecule has 0 saturated carbocycles. The first-order valence-electron chi connectivity index (χ1n) is 6.30. The van der Waals surface area contributed by atoms with Gasteiger partial charge in [0, 0.05) is 14.5 Å². The lowest BCUT2D eigenvalue weighted by atomic mass is 10.1. The van der Waals surface area contributed by atoms with E-state index in [1.807, 2.05) is 56.3 Å². The summed E-state index contributed by atoms with van der Waals surface area (Å²) in [4.78, 5) is 12.3. The summed E-state index contributed by atoms with van der Waals surface area (Å²) >= 11 is 6.86. The van der Waals surface area contributed by atoms with Crippen LogP contribution in [-0.2, 0) is 0 Å². The van der Waals surface area contributed by atoms with E-state index in [4.69, 9.17) is 0 Å². The van der Waals surface area contributed by atoms with Crippen LogP contribution in [-0.4, -0.2) is 5.91 Å². The summed E-state index contributed by atoms with van der Waals surface area (Å²) < 4.78 is 1.98. The third-order valence-corrected chi connectivity index (χ3v) is 4.62. The third-order valence-electron chi connectivity index (χ3n) is 3.23. The van der Waals surface area contributed by atoms with Crippen LogP contribution in [0.2, 0.25) is 0 Å². The second-order valence-corrected chi connectivity index (χ2v) is 6.43. The molecule has 104 valence electrons. The fourth-order valence-electron chi connectivity index (χ4n) is 1.96. The molecule has 0 aliphatic carbocycles. The normalized spacial score (nSPS) is 12.0. The largest absolute Gasteiger partial charge is 0.346 e. The maximum atomic E-state index is 12.3. The highest BCUT2D eigenvalue weighted by Crippen LogP contribution is 2.21. The number of halogens is 2. The van der Waals surface area contributed by atoms with Crippen LogP contribution >= 0.6 is 31.9 Å². The van der Waals surface area contributed by atoms with E-state index in [0.29, 0.717) is 5.56 Å². The fourth-order valence-corrected chi connectivity index (χ4v) is 2.59. The molecule has 4 heteroatoms. The SMILES string of the molecule is Cc1c(Br)cccc1C(=O)N[C@@H](C)c1ccc(Br)cc1. The lowest BCUT2D eigenvalue weighted by Gasteiger charge is -2.16. The highest BCUT2D eigenvalue weighted by Gasteiger charge is 2.14. The smallest absolute Gasteiger partial charge is 0.252 e. The van der Waals surface area contributed by atoms with Crippen LogP contribution in [0.25, 0.3) is 0 Å². The minimum absolute atomic E-state index is 0.0334. The van der Waals surface area contributed by atoms with E-state index < -0.39 is 0 Å². The van der Waals surface area contributed by atoms with Crippen molar-refractivity contribution in [1.29, 1.82) is 0 Å². The number of nitrogens with one attached hydrogen (secondary N) is 1. The molecule has 0 fully saturated rings. The lowest BCUT2D eigenvalue weighted by Crippen LogP contribution is -2.27. The zero-order valence-corrected chi connectivity index (χ0v) is 14.5. The van der Waals surface area contributed by atoms with Gasteiger partial charge in [0.15, 0.2) is 0 Å². The van der Waals surface area contributed by atoms with Gasteiger partial charge in [0.2, 0.25) is 0 Å². The van der Waals surface area contributed by atoms with Crippen LogP contribution in [0.5, 0.6) is 0 Å². The monoisotopic (exact) mass is 395 g/mol. The minimum atomic E-state index is -0.0563. The van der Waals surface area contributed by atoms with Crippen LogP contribution in [0.1, 0.15) is 34.5 Å². The minimum Gasteiger partial charge on any atom is -0.346 e. The van der Waals surface area contributed by atoms with Gasteiger partial charge in [0.25, 0.3) is 5.91 Å². The summed E-state index contributed by atoms with van der Waals surface area (Å²) in [7, 11) is 0. The second kappa shape index (κ2) is 6.55. The average Bonchev–Trinajstić information content (AvgIpc) is 2.42. The summed E-state index contributed by atoms with van der Waals surface area (Å²) in [6.45, 7) is 3.91. The van der Waals surface area contributed by atoms with Gasteiger partial charge in [0.1, 0.15) is 0 Å². The molecule has 0 unspecified atom stereocenters. The van der Waals surface area contributed by atoms with E-state index in [2.05, 4.69) is 37.2 Å². The number of hydrogen-bond acceptors (Lipinski definition) is 1. The van der Waals surface area contributed by atoms with Crippen LogP contribution in [0, 0.1) is 6.92 Å². The molecule has 1 N–H and O–H groups in total. The summed E-state index contributed by atoms with van der Waals surface area (Å²) in [6.07, 6.45) is 0. The molecule has 0 bridgehead atoms. The van der Waals surface area contributed by atoms with Crippen LogP contribution in [0.4, 0.5) is 0 Å². The first-order chi connectivity index (χ1) is 9.49. The number of carbonyl (C=O) groups excluding carboxylic acids is 1.